The minimum Gasteiger partial charge on any atom is -0.489 e. The molecule has 3 aromatic rings. The lowest BCUT2D eigenvalue weighted by Gasteiger charge is -2.28. The predicted octanol–water partition coefficient (Wildman–Crippen LogP) is 4.72. The lowest BCUT2D eigenvalue weighted by molar-refractivity contribution is 0.0987. The van der Waals surface area contributed by atoms with Gasteiger partial charge in [0.15, 0.2) is 0 Å². The summed E-state index contributed by atoms with van der Waals surface area (Å²) in [4.78, 5) is 0. The van der Waals surface area contributed by atoms with Crippen molar-refractivity contribution < 1.29 is 9.84 Å². The number of ether oxygens (including phenoxy) is 1. The van der Waals surface area contributed by atoms with Crippen molar-refractivity contribution >= 4 is 22.4 Å². The molecule has 0 heterocycles. The number of rotatable bonds is 8. The molecule has 29 heavy (non-hydrogen) atoms. The summed E-state index contributed by atoms with van der Waals surface area (Å²) in [5.74, 6) is 0.384. The molecule has 0 amide bonds. The molecule has 5 heteroatoms. The maximum absolute atomic E-state index is 10.3. The molecule has 0 aromatic heterocycles. The van der Waals surface area contributed by atoms with Crippen LogP contribution < -0.4 is 10.1 Å². The van der Waals surface area contributed by atoms with Gasteiger partial charge in [0.1, 0.15) is 30.1 Å². The molecule has 3 aromatic carbocycles. The summed E-state index contributed by atoms with van der Waals surface area (Å²) >= 11 is 6.00. The Morgan fingerprint density at radius 2 is 1.86 bits per heavy atom. The van der Waals surface area contributed by atoms with E-state index in [4.69, 9.17) is 16.3 Å². The van der Waals surface area contributed by atoms with Crippen molar-refractivity contribution in [2.75, 3.05) is 13.2 Å². The van der Waals surface area contributed by atoms with Crippen molar-refractivity contribution in [1.29, 1.82) is 5.26 Å². The number of aliphatic hydroxyl groups excluding tert-OH is 1. The molecule has 0 spiro atoms. The van der Waals surface area contributed by atoms with Crippen LogP contribution in [0.15, 0.2) is 60.7 Å². The number of hydrogen-bond acceptors (Lipinski definition) is 4. The van der Waals surface area contributed by atoms with Crippen LogP contribution in [0.5, 0.6) is 5.75 Å². The first-order valence-corrected chi connectivity index (χ1v) is 9.98. The second kappa shape index (κ2) is 9.28. The van der Waals surface area contributed by atoms with E-state index in [1.165, 1.54) is 16.3 Å². The molecule has 2 N–H and O–H groups in total. The van der Waals surface area contributed by atoms with Gasteiger partial charge in [-0.15, -0.1) is 0 Å². The summed E-state index contributed by atoms with van der Waals surface area (Å²) in [6, 6.07) is 21.9. The topological polar surface area (TPSA) is 65.3 Å². The molecule has 150 valence electrons. The summed E-state index contributed by atoms with van der Waals surface area (Å²) in [5.41, 5.74) is 1.33. The second-order valence-electron chi connectivity index (χ2n) is 7.81. The van der Waals surface area contributed by atoms with Gasteiger partial charge in [0.05, 0.1) is 5.02 Å². The van der Waals surface area contributed by atoms with Crippen LogP contribution in [0.4, 0.5) is 0 Å². The first-order valence-electron chi connectivity index (χ1n) is 9.60. The number of halogens is 1. The highest BCUT2D eigenvalue weighted by atomic mass is 35.5. The van der Waals surface area contributed by atoms with E-state index >= 15 is 0 Å². The molecule has 0 unspecified atom stereocenters. The van der Waals surface area contributed by atoms with Crippen molar-refractivity contribution in [1.82, 2.24) is 5.32 Å². The van der Waals surface area contributed by atoms with Crippen LogP contribution in [0.2, 0.25) is 5.02 Å². The molecule has 0 aliphatic heterocycles. The average Bonchev–Trinajstić information content (AvgIpc) is 2.70. The van der Waals surface area contributed by atoms with Crippen molar-refractivity contribution in [2.45, 2.75) is 31.9 Å². The molecular weight excluding hydrogens is 384 g/mol. The van der Waals surface area contributed by atoms with Gasteiger partial charge < -0.3 is 15.2 Å². The van der Waals surface area contributed by atoms with Crippen molar-refractivity contribution in [2.24, 2.45) is 0 Å². The van der Waals surface area contributed by atoms with E-state index in [1.54, 1.807) is 18.2 Å². The third-order valence-corrected chi connectivity index (χ3v) is 5.11. The minimum atomic E-state index is -0.712. The third kappa shape index (κ3) is 5.71. The Hall–Kier alpha value is -2.58. The summed E-state index contributed by atoms with van der Waals surface area (Å²) in [5, 5.41) is 25.7. The summed E-state index contributed by atoms with van der Waals surface area (Å²) in [6.07, 6.45) is 0.120. The van der Waals surface area contributed by atoms with Gasteiger partial charge in [-0.25, -0.2) is 0 Å². The van der Waals surface area contributed by atoms with Gasteiger partial charge in [0.2, 0.25) is 0 Å². The number of benzene rings is 3. The van der Waals surface area contributed by atoms with Crippen LogP contribution in [-0.2, 0) is 6.42 Å². The number of nitriles is 1. The Morgan fingerprint density at radius 3 is 2.62 bits per heavy atom. The van der Waals surface area contributed by atoms with Crippen molar-refractivity contribution in [3.63, 3.8) is 0 Å². The molecule has 3 rings (SSSR count). The fourth-order valence-electron chi connectivity index (χ4n) is 3.29. The summed E-state index contributed by atoms with van der Waals surface area (Å²) < 4.78 is 5.61. The zero-order valence-electron chi connectivity index (χ0n) is 16.7. The van der Waals surface area contributed by atoms with Crippen LogP contribution in [0, 0.1) is 11.3 Å². The first kappa shape index (κ1) is 21.1. The number of nitrogens with zero attached hydrogens (tertiary/aromatic N) is 1. The minimum absolute atomic E-state index is 0.0775. The lowest BCUT2D eigenvalue weighted by Crippen LogP contribution is -2.46. The fraction of sp³-hybridized carbons (Fsp3) is 0.292. The fourth-order valence-corrected chi connectivity index (χ4v) is 3.50. The van der Waals surface area contributed by atoms with Gasteiger partial charge >= 0.3 is 0 Å². The largest absolute Gasteiger partial charge is 0.489 e. The zero-order chi connectivity index (χ0) is 20.9. The van der Waals surface area contributed by atoms with Gasteiger partial charge in [-0.1, -0.05) is 60.1 Å². The normalized spacial score (nSPS) is 12.5. The highest BCUT2D eigenvalue weighted by molar-refractivity contribution is 6.31. The Kier molecular flexibility index (Phi) is 6.76. The highest BCUT2D eigenvalue weighted by Crippen LogP contribution is 2.25. The Balaban J connectivity index is 1.54. The second-order valence-corrected chi connectivity index (χ2v) is 8.22. The molecule has 4 nitrogen and oxygen atoms in total. The molecule has 0 fully saturated rings. The number of fused-ring (bicyclic) bond motifs is 1. The molecule has 0 saturated carbocycles. The number of hydrogen-bond donors (Lipinski definition) is 2. The maximum Gasteiger partial charge on any atom is 0.138 e. The van der Waals surface area contributed by atoms with Gasteiger partial charge in [-0.05, 0) is 48.7 Å². The Bertz CT molecular complexity index is 1030. The first-order chi connectivity index (χ1) is 13.9. The van der Waals surface area contributed by atoms with Gasteiger partial charge in [0.25, 0.3) is 0 Å². The third-order valence-electron chi connectivity index (χ3n) is 4.79. The monoisotopic (exact) mass is 408 g/mol. The molecule has 0 radical (unpaired) electrons. The quantitative estimate of drug-likeness (QED) is 0.566. The molecule has 0 bridgehead atoms. The molecule has 0 aliphatic rings. The van der Waals surface area contributed by atoms with E-state index in [2.05, 4.69) is 49.5 Å². The summed E-state index contributed by atoms with van der Waals surface area (Å²) in [6.45, 7) is 4.68. The summed E-state index contributed by atoms with van der Waals surface area (Å²) in [7, 11) is 0. The van der Waals surface area contributed by atoms with Crippen LogP contribution in [0.25, 0.3) is 10.8 Å². The van der Waals surface area contributed by atoms with E-state index in [1.807, 2.05) is 18.2 Å². The lowest BCUT2D eigenvalue weighted by atomic mass is 9.93. The molecule has 1 atom stereocenters. The highest BCUT2D eigenvalue weighted by Gasteiger charge is 2.20. The molecular formula is C24H25ClN2O2. The van der Waals surface area contributed by atoms with E-state index < -0.39 is 6.10 Å². The van der Waals surface area contributed by atoms with Crippen LogP contribution in [0.1, 0.15) is 25.0 Å². The smallest absolute Gasteiger partial charge is 0.138 e. The van der Waals surface area contributed by atoms with E-state index in [-0.39, 0.29) is 17.7 Å². The zero-order valence-corrected chi connectivity index (χ0v) is 17.4. The standard InChI is InChI=1S/C24H25ClN2O2/c1-24(2,13-17-10-11-18-6-3-4-7-19(18)12-17)27-15-20(28)16-29-23-9-5-8-22(25)21(23)14-26/h3-12,20,27-28H,13,15-16H2,1-2H3/t20-/m0/s1. The van der Waals surface area contributed by atoms with Gasteiger partial charge in [-0.3, -0.25) is 0 Å². The van der Waals surface area contributed by atoms with Crippen molar-refractivity contribution in [3.8, 4) is 11.8 Å². The average molecular weight is 409 g/mol. The van der Waals surface area contributed by atoms with Crippen LogP contribution in [-0.4, -0.2) is 29.9 Å². The van der Waals surface area contributed by atoms with E-state index in [0.717, 1.165) is 6.42 Å². The van der Waals surface area contributed by atoms with Crippen LogP contribution in [0.3, 0.4) is 0 Å². The van der Waals surface area contributed by atoms with Crippen molar-refractivity contribution in [3.05, 3.63) is 76.8 Å². The number of β-amino-alcohol motifs (C(OH)–C–C–N with tert-alkyl or cyclic N) is 1. The SMILES string of the molecule is CC(C)(Cc1ccc2ccccc2c1)NC[C@H](O)COc1cccc(Cl)c1C#N. The predicted molar refractivity (Wildman–Crippen MR) is 117 cm³/mol. The number of nitrogens with one attached hydrogen (secondary N) is 1. The molecule has 0 aliphatic carbocycles. The Labute approximate surface area is 176 Å². The molecule has 0 saturated heterocycles. The van der Waals surface area contributed by atoms with E-state index in [0.29, 0.717) is 17.3 Å². The van der Waals surface area contributed by atoms with Crippen LogP contribution >= 0.6 is 11.6 Å². The number of aliphatic hydroxyl groups is 1. The van der Waals surface area contributed by atoms with E-state index in [9.17, 15) is 10.4 Å². The Morgan fingerprint density at radius 1 is 1.10 bits per heavy atom. The van der Waals surface area contributed by atoms with Gasteiger partial charge in [-0.2, -0.15) is 5.26 Å². The van der Waals surface area contributed by atoms with Gasteiger partial charge in [0, 0.05) is 12.1 Å². The maximum atomic E-state index is 10.3.